The highest BCUT2D eigenvalue weighted by molar-refractivity contribution is 5.68. The van der Waals surface area contributed by atoms with Gasteiger partial charge in [0.2, 0.25) is 0 Å². The lowest BCUT2D eigenvalue weighted by molar-refractivity contribution is 0.0601. The first-order valence-corrected chi connectivity index (χ1v) is 14.5. The minimum Gasteiger partial charge on any atom is -0.445 e. The van der Waals surface area contributed by atoms with Gasteiger partial charge < -0.3 is 14.5 Å². The lowest BCUT2D eigenvalue weighted by Crippen LogP contribution is -2.48. The van der Waals surface area contributed by atoms with Gasteiger partial charge in [0.25, 0.3) is 0 Å². The smallest absolute Gasteiger partial charge is 0.410 e. The number of rotatable bonds is 9. The molecule has 0 spiro atoms. The molecule has 0 aromatic heterocycles. The number of carbonyl (C=O) groups excluding carboxylic acids is 1. The zero-order valence-electron chi connectivity index (χ0n) is 22.8. The summed E-state index contributed by atoms with van der Waals surface area (Å²) in [5.74, 6) is 2.05. The molecule has 4 heteroatoms. The summed E-state index contributed by atoms with van der Waals surface area (Å²) in [6, 6.07) is 32.4. The number of hydrogen-bond acceptors (Lipinski definition) is 3. The van der Waals surface area contributed by atoms with Crippen LogP contribution in [0.1, 0.15) is 55.2 Å². The van der Waals surface area contributed by atoms with Crippen molar-refractivity contribution in [3.05, 3.63) is 108 Å². The predicted octanol–water partition coefficient (Wildman–Crippen LogP) is 7.16. The Labute approximate surface area is 228 Å². The van der Waals surface area contributed by atoms with Crippen LogP contribution in [0.15, 0.2) is 91.0 Å². The Bertz CT molecular complexity index is 1110. The second-order valence-electron chi connectivity index (χ2n) is 11.2. The molecule has 0 bridgehead atoms. The minimum atomic E-state index is -0.182. The number of benzene rings is 3. The maximum absolute atomic E-state index is 12.9. The monoisotopic (exact) mass is 510 g/mol. The van der Waals surface area contributed by atoms with Gasteiger partial charge >= 0.3 is 6.09 Å². The van der Waals surface area contributed by atoms with Crippen LogP contribution in [0.3, 0.4) is 0 Å². The largest absolute Gasteiger partial charge is 0.445 e. The molecule has 1 amide bonds. The quantitative estimate of drug-likeness (QED) is 0.306. The van der Waals surface area contributed by atoms with Crippen molar-refractivity contribution in [3.8, 4) is 0 Å². The fourth-order valence-corrected chi connectivity index (χ4v) is 6.75. The fraction of sp³-hybridized carbons (Fsp3) is 0.441. The average molecular weight is 511 g/mol. The third kappa shape index (κ3) is 6.85. The van der Waals surface area contributed by atoms with Crippen LogP contribution in [0.5, 0.6) is 0 Å². The van der Waals surface area contributed by atoms with Gasteiger partial charge in [-0.1, -0.05) is 91.0 Å². The van der Waals surface area contributed by atoms with Gasteiger partial charge in [-0.25, -0.2) is 4.79 Å². The molecule has 0 N–H and O–H groups in total. The number of hydrogen-bond donors (Lipinski definition) is 0. The van der Waals surface area contributed by atoms with Crippen LogP contribution in [0.25, 0.3) is 0 Å². The van der Waals surface area contributed by atoms with Crippen LogP contribution < -0.4 is 0 Å². The van der Waals surface area contributed by atoms with E-state index in [1.165, 1.54) is 30.4 Å². The zero-order chi connectivity index (χ0) is 26.2. The minimum absolute atomic E-state index is 0.182. The molecule has 3 aromatic carbocycles. The highest BCUT2D eigenvalue weighted by Crippen LogP contribution is 2.45. The highest BCUT2D eigenvalue weighted by atomic mass is 16.6. The Morgan fingerprint density at radius 3 is 2.08 bits per heavy atom. The number of likely N-dealkylation sites (tertiary alicyclic amines) is 1. The SMILES string of the molecule is CCN(C(=O)OCc1ccccc1)C1CCN(C[C@H]2CC(Cc3ccccc3)C[C@@H]2c2ccccc2)CC1. The van der Waals surface area contributed by atoms with Crippen molar-refractivity contribution in [1.29, 1.82) is 0 Å². The molecule has 0 radical (unpaired) electrons. The summed E-state index contributed by atoms with van der Waals surface area (Å²) < 4.78 is 5.67. The summed E-state index contributed by atoms with van der Waals surface area (Å²) in [5, 5.41) is 0. The maximum Gasteiger partial charge on any atom is 0.410 e. The fourth-order valence-electron chi connectivity index (χ4n) is 6.75. The van der Waals surface area contributed by atoms with Crippen molar-refractivity contribution in [1.82, 2.24) is 9.80 Å². The molecule has 200 valence electrons. The zero-order valence-corrected chi connectivity index (χ0v) is 22.8. The second-order valence-corrected chi connectivity index (χ2v) is 11.2. The average Bonchev–Trinajstić information content (AvgIpc) is 3.36. The Balaban J connectivity index is 1.16. The predicted molar refractivity (Wildman–Crippen MR) is 154 cm³/mol. The summed E-state index contributed by atoms with van der Waals surface area (Å²) in [6.07, 6.45) is 5.60. The number of amides is 1. The first kappa shape index (κ1) is 26.5. The van der Waals surface area contributed by atoms with Crippen LogP contribution in [0, 0.1) is 11.8 Å². The van der Waals surface area contributed by atoms with Gasteiger partial charge in [0.15, 0.2) is 0 Å². The Morgan fingerprint density at radius 2 is 1.45 bits per heavy atom. The van der Waals surface area contributed by atoms with E-state index in [4.69, 9.17) is 4.74 Å². The number of piperidine rings is 1. The Hall–Kier alpha value is -3.11. The molecular weight excluding hydrogens is 468 g/mol. The summed E-state index contributed by atoms with van der Waals surface area (Å²) in [5.41, 5.74) is 3.99. The molecule has 1 saturated heterocycles. The molecule has 2 fully saturated rings. The number of ether oxygens (including phenoxy) is 1. The molecule has 1 unspecified atom stereocenters. The highest BCUT2D eigenvalue weighted by Gasteiger charge is 2.37. The standard InChI is InChI=1S/C34H42N2O2/c1-2-36(34(37)38-26-28-14-8-4-9-15-28)32-18-20-35(21-19-32)25-31-23-29(22-27-12-6-3-7-13-27)24-33(31)30-16-10-5-11-17-30/h3-17,29,31-33H,2,18-26H2,1H3/t29?,31-,33-/m1/s1. The van der Waals surface area contributed by atoms with Crippen LogP contribution >= 0.6 is 0 Å². The van der Waals surface area contributed by atoms with E-state index in [9.17, 15) is 4.79 Å². The molecule has 1 saturated carbocycles. The maximum atomic E-state index is 12.9. The molecule has 3 aromatic rings. The van der Waals surface area contributed by atoms with E-state index in [0.29, 0.717) is 25.0 Å². The molecule has 1 heterocycles. The Kier molecular flexibility index (Phi) is 9.14. The number of nitrogens with zero attached hydrogens (tertiary/aromatic N) is 2. The van der Waals surface area contributed by atoms with Crippen molar-refractivity contribution >= 4 is 6.09 Å². The third-order valence-electron chi connectivity index (χ3n) is 8.66. The van der Waals surface area contributed by atoms with Gasteiger partial charge in [-0.2, -0.15) is 0 Å². The van der Waals surface area contributed by atoms with Gasteiger partial charge in [0.05, 0.1) is 0 Å². The third-order valence-corrected chi connectivity index (χ3v) is 8.66. The summed E-state index contributed by atoms with van der Waals surface area (Å²) >= 11 is 0. The van der Waals surface area contributed by atoms with E-state index in [1.807, 2.05) is 35.2 Å². The van der Waals surface area contributed by atoms with Crippen LogP contribution in [-0.4, -0.2) is 48.1 Å². The van der Waals surface area contributed by atoms with E-state index in [-0.39, 0.29) is 12.1 Å². The van der Waals surface area contributed by atoms with Crippen molar-refractivity contribution in [2.24, 2.45) is 11.8 Å². The normalized spacial score (nSPS) is 22.3. The molecule has 3 atom stereocenters. The van der Waals surface area contributed by atoms with E-state index in [1.54, 1.807) is 0 Å². The van der Waals surface area contributed by atoms with Crippen molar-refractivity contribution in [2.45, 2.75) is 57.6 Å². The van der Waals surface area contributed by atoms with Crippen LogP contribution in [0.2, 0.25) is 0 Å². The van der Waals surface area contributed by atoms with Crippen molar-refractivity contribution < 1.29 is 9.53 Å². The molecule has 1 aliphatic heterocycles. The van der Waals surface area contributed by atoms with Crippen molar-refractivity contribution in [3.63, 3.8) is 0 Å². The summed E-state index contributed by atoms with van der Waals surface area (Å²) in [7, 11) is 0. The molecule has 4 nitrogen and oxygen atoms in total. The van der Waals surface area contributed by atoms with Crippen molar-refractivity contribution in [2.75, 3.05) is 26.2 Å². The van der Waals surface area contributed by atoms with Gasteiger partial charge in [-0.3, -0.25) is 0 Å². The first-order valence-electron chi connectivity index (χ1n) is 14.5. The molecule has 1 aliphatic carbocycles. The molecule has 38 heavy (non-hydrogen) atoms. The van der Waals surface area contributed by atoms with Gasteiger partial charge in [-0.15, -0.1) is 0 Å². The van der Waals surface area contributed by atoms with E-state index >= 15 is 0 Å². The first-order chi connectivity index (χ1) is 18.7. The lowest BCUT2D eigenvalue weighted by atomic mass is 9.88. The van der Waals surface area contributed by atoms with Crippen LogP contribution in [-0.2, 0) is 17.8 Å². The van der Waals surface area contributed by atoms with Gasteiger partial charge in [0.1, 0.15) is 6.61 Å². The summed E-state index contributed by atoms with van der Waals surface area (Å²) in [6.45, 7) is 6.34. The van der Waals surface area contributed by atoms with Crippen LogP contribution in [0.4, 0.5) is 4.79 Å². The van der Waals surface area contributed by atoms with E-state index < -0.39 is 0 Å². The topological polar surface area (TPSA) is 32.8 Å². The lowest BCUT2D eigenvalue weighted by Gasteiger charge is -2.39. The summed E-state index contributed by atoms with van der Waals surface area (Å²) in [4.78, 5) is 17.5. The van der Waals surface area contributed by atoms with Gasteiger partial charge in [-0.05, 0) is 73.5 Å². The van der Waals surface area contributed by atoms with E-state index in [2.05, 4.69) is 72.5 Å². The number of carbonyl (C=O) groups is 1. The molecular formula is C34H42N2O2. The molecule has 5 rings (SSSR count). The van der Waals surface area contributed by atoms with E-state index in [0.717, 1.165) is 44.0 Å². The second kappa shape index (κ2) is 13.1. The Morgan fingerprint density at radius 1 is 0.842 bits per heavy atom. The molecule has 2 aliphatic rings. The van der Waals surface area contributed by atoms with Gasteiger partial charge in [0, 0.05) is 32.2 Å².